The van der Waals surface area contributed by atoms with E-state index in [9.17, 15) is 10.1 Å². The van der Waals surface area contributed by atoms with Gasteiger partial charge in [-0.15, -0.1) is 0 Å². The molecule has 1 aliphatic rings. The summed E-state index contributed by atoms with van der Waals surface area (Å²) >= 11 is 0. The third-order valence-corrected chi connectivity index (χ3v) is 4.01. The predicted molar refractivity (Wildman–Crippen MR) is 72.8 cm³/mol. The highest BCUT2D eigenvalue weighted by molar-refractivity contribution is 5.54. The largest absolute Gasteiger partial charge is 0.385 e. The number of aryl methyl sites for hydroxylation is 1. The Hall–Kier alpha value is -1.58. The van der Waals surface area contributed by atoms with Crippen LogP contribution in [0.15, 0.2) is 18.2 Å². The van der Waals surface area contributed by atoms with Gasteiger partial charge < -0.3 is 5.32 Å². The Balaban J connectivity index is 2.01. The summed E-state index contributed by atoms with van der Waals surface area (Å²) in [5.41, 5.74) is 1.76. The van der Waals surface area contributed by atoms with Gasteiger partial charge in [0.05, 0.1) is 4.92 Å². The Morgan fingerprint density at radius 3 is 2.83 bits per heavy atom. The Morgan fingerprint density at radius 1 is 1.44 bits per heavy atom. The zero-order valence-electron chi connectivity index (χ0n) is 11.0. The standard InChI is InChI=1S/C14H20N2O2/c1-10-4-3-5-12(10)9-15-13-7-6-11(2)14(8-13)16(17)18/h6-8,10,12,15H,3-5,9H2,1-2H3. The van der Waals surface area contributed by atoms with Crippen molar-refractivity contribution >= 4 is 11.4 Å². The maximum atomic E-state index is 10.9. The van der Waals surface area contributed by atoms with Crippen LogP contribution in [0.3, 0.4) is 0 Å². The fourth-order valence-corrected chi connectivity index (χ4v) is 2.69. The molecule has 0 spiro atoms. The van der Waals surface area contributed by atoms with Gasteiger partial charge in [-0.2, -0.15) is 0 Å². The normalized spacial score (nSPS) is 23.0. The van der Waals surface area contributed by atoms with Gasteiger partial charge in [0.25, 0.3) is 5.69 Å². The average molecular weight is 248 g/mol. The number of hydrogen-bond donors (Lipinski definition) is 1. The minimum absolute atomic E-state index is 0.194. The number of anilines is 1. The van der Waals surface area contributed by atoms with Crippen LogP contribution >= 0.6 is 0 Å². The molecule has 0 saturated heterocycles. The molecule has 1 aromatic carbocycles. The molecule has 1 aromatic rings. The highest BCUT2D eigenvalue weighted by atomic mass is 16.6. The van der Waals surface area contributed by atoms with Gasteiger partial charge in [0.1, 0.15) is 0 Å². The van der Waals surface area contributed by atoms with Gasteiger partial charge in [0, 0.05) is 23.9 Å². The Labute approximate surface area is 108 Å². The maximum absolute atomic E-state index is 10.9. The van der Waals surface area contributed by atoms with Crippen molar-refractivity contribution in [2.45, 2.75) is 33.1 Å². The molecule has 98 valence electrons. The molecule has 0 bridgehead atoms. The topological polar surface area (TPSA) is 55.2 Å². The second kappa shape index (κ2) is 5.38. The van der Waals surface area contributed by atoms with Crippen LogP contribution in [0.2, 0.25) is 0 Å². The molecule has 0 radical (unpaired) electrons. The van der Waals surface area contributed by atoms with Crippen LogP contribution in [0.1, 0.15) is 31.7 Å². The molecule has 0 aromatic heterocycles. The second-order valence-corrected chi connectivity index (χ2v) is 5.31. The van der Waals surface area contributed by atoms with Crippen LogP contribution in [-0.4, -0.2) is 11.5 Å². The molecule has 0 amide bonds. The lowest BCUT2D eigenvalue weighted by molar-refractivity contribution is -0.385. The fourth-order valence-electron chi connectivity index (χ4n) is 2.69. The first-order valence-electron chi connectivity index (χ1n) is 6.57. The van der Waals surface area contributed by atoms with E-state index in [4.69, 9.17) is 0 Å². The third-order valence-electron chi connectivity index (χ3n) is 4.01. The van der Waals surface area contributed by atoms with Crippen molar-refractivity contribution in [2.24, 2.45) is 11.8 Å². The van der Waals surface area contributed by atoms with E-state index < -0.39 is 0 Å². The molecule has 0 heterocycles. The molecule has 2 atom stereocenters. The minimum Gasteiger partial charge on any atom is -0.385 e. The minimum atomic E-state index is -0.321. The summed E-state index contributed by atoms with van der Waals surface area (Å²) in [5, 5.41) is 14.2. The average Bonchev–Trinajstić information content (AvgIpc) is 2.73. The van der Waals surface area contributed by atoms with Crippen molar-refractivity contribution in [1.29, 1.82) is 0 Å². The van der Waals surface area contributed by atoms with E-state index in [1.54, 1.807) is 19.1 Å². The number of benzene rings is 1. The van der Waals surface area contributed by atoms with E-state index in [-0.39, 0.29) is 10.6 Å². The van der Waals surface area contributed by atoms with Crippen LogP contribution in [0, 0.1) is 28.9 Å². The second-order valence-electron chi connectivity index (χ2n) is 5.31. The van der Waals surface area contributed by atoms with Crippen LogP contribution < -0.4 is 5.32 Å². The maximum Gasteiger partial charge on any atom is 0.274 e. The van der Waals surface area contributed by atoms with Crippen LogP contribution in [-0.2, 0) is 0 Å². The molecule has 1 fully saturated rings. The molecule has 1 N–H and O–H groups in total. The molecule has 0 aliphatic heterocycles. The van der Waals surface area contributed by atoms with Gasteiger partial charge in [0.2, 0.25) is 0 Å². The van der Waals surface area contributed by atoms with E-state index in [0.717, 1.165) is 18.2 Å². The predicted octanol–water partition coefficient (Wildman–Crippen LogP) is 3.75. The van der Waals surface area contributed by atoms with Crippen molar-refractivity contribution in [2.75, 3.05) is 11.9 Å². The summed E-state index contributed by atoms with van der Waals surface area (Å²) in [6.07, 6.45) is 3.88. The van der Waals surface area contributed by atoms with Gasteiger partial charge in [0.15, 0.2) is 0 Å². The number of nitrogens with zero attached hydrogens (tertiary/aromatic N) is 1. The van der Waals surface area contributed by atoms with Crippen LogP contribution in [0.4, 0.5) is 11.4 Å². The molecule has 2 unspecified atom stereocenters. The highest BCUT2D eigenvalue weighted by Gasteiger charge is 2.23. The monoisotopic (exact) mass is 248 g/mol. The smallest absolute Gasteiger partial charge is 0.274 e. The molecular weight excluding hydrogens is 228 g/mol. The molecule has 18 heavy (non-hydrogen) atoms. The number of nitro groups is 1. The number of rotatable bonds is 4. The van der Waals surface area contributed by atoms with Crippen molar-refractivity contribution in [1.82, 2.24) is 0 Å². The van der Waals surface area contributed by atoms with Crippen molar-refractivity contribution in [3.8, 4) is 0 Å². The summed E-state index contributed by atoms with van der Waals surface area (Å²) in [4.78, 5) is 10.5. The molecule has 4 heteroatoms. The van der Waals surface area contributed by atoms with Crippen molar-refractivity contribution in [3.63, 3.8) is 0 Å². The first-order chi connectivity index (χ1) is 8.58. The Morgan fingerprint density at radius 2 is 2.22 bits per heavy atom. The van der Waals surface area contributed by atoms with Crippen molar-refractivity contribution in [3.05, 3.63) is 33.9 Å². The number of nitrogens with one attached hydrogen (secondary N) is 1. The summed E-state index contributed by atoms with van der Waals surface area (Å²) in [6.45, 7) is 4.97. The molecular formula is C14H20N2O2. The lowest BCUT2D eigenvalue weighted by Crippen LogP contribution is -2.16. The molecule has 2 rings (SSSR count). The molecule has 1 saturated carbocycles. The zero-order chi connectivity index (χ0) is 13.1. The van der Waals surface area contributed by atoms with Gasteiger partial charge in [-0.25, -0.2) is 0 Å². The van der Waals surface area contributed by atoms with E-state index in [0.29, 0.717) is 11.5 Å². The van der Waals surface area contributed by atoms with Crippen molar-refractivity contribution < 1.29 is 4.92 Å². The fraction of sp³-hybridized carbons (Fsp3) is 0.571. The summed E-state index contributed by atoms with van der Waals surface area (Å²) < 4.78 is 0. The lowest BCUT2D eigenvalue weighted by Gasteiger charge is -2.16. The third kappa shape index (κ3) is 2.81. The number of hydrogen-bond acceptors (Lipinski definition) is 3. The highest BCUT2D eigenvalue weighted by Crippen LogP contribution is 2.31. The Kier molecular flexibility index (Phi) is 3.84. The number of nitro benzene ring substituents is 1. The summed E-state index contributed by atoms with van der Waals surface area (Å²) in [5.74, 6) is 1.46. The quantitative estimate of drug-likeness (QED) is 0.652. The van der Waals surface area contributed by atoms with E-state index in [1.807, 2.05) is 6.07 Å². The zero-order valence-corrected chi connectivity index (χ0v) is 11.0. The van der Waals surface area contributed by atoms with Gasteiger partial charge in [-0.05, 0) is 31.2 Å². The molecule has 4 nitrogen and oxygen atoms in total. The van der Waals surface area contributed by atoms with Gasteiger partial charge in [-0.3, -0.25) is 10.1 Å². The van der Waals surface area contributed by atoms with Crippen LogP contribution in [0.5, 0.6) is 0 Å². The van der Waals surface area contributed by atoms with E-state index in [1.165, 1.54) is 19.3 Å². The lowest BCUT2D eigenvalue weighted by atomic mass is 9.98. The first-order valence-corrected chi connectivity index (χ1v) is 6.57. The van der Waals surface area contributed by atoms with E-state index >= 15 is 0 Å². The Bertz CT molecular complexity index is 445. The van der Waals surface area contributed by atoms with Gasteiger partial charge in [-0.1, -0.05) is 25.8 Å². The molecule has 1 aliphatic carbocycles. The first kappa shape index (κ1) is 12.9. The summed E-state index contributed by atoms with van der Waals surface area (Å²) in [6, 6.07) is 5.36. The van der Waals surface area contributed by atoms with Crippen LogP contribution in [0.25, 0.3) is 0 Å². The summed E-state index contributed by atoms with van der Waals surface area (Å²) in [7, 11) is 0. The SMILES string of the molecule is Cc1ccc(NCC2CCCC2C)cc1[N+](=O)[O-]. The van der Waals surface area contributed by atoms with Gasteiger partial charge >= 0.3 is 0 Å². The van der Waals surface area contributed by atoms with E-state index in [2.05, 4.69) is 12.2 Å².